The highest BCUT2D eigenvalue weighted by Gasteiger charge is 2.11. The van der Waals surface area contributed by atoms with Gasteiger partial charge in [0.25, 0.3) is 0 Å². The monoisotopic (exact) mass is 267 g/mol. The molecule has 5 heteroatoms. The molecular formula is C14H25N3O2. The Morgan fingerprint density at radius 3 is 2.26 bits per heavy atom. The number of aromatic nitrogens is 1. The molecule has 2 N–H and O–H groups in total. The summed E-state index contributed by atoms with van der Waals surface area (Å²) in [7, 11) is 3.42. The molecule has 108 valence electrons. The lowest BCUT2D eigenvalue weighted by Crippen LogP contribution is -2.31. The molecule has 0 aliphatic carbocycles. The Labute approximate surface area is 115 Å². The molecule has 0 radical (unpaired) electrons. The highest BCUT2D eigenvalue weighted by molar-refractivity contribution is 5.53. The summed E-state index contributed by atoms with van der Waals surface area (Å²) in [6, 6.07) is 0. The van der Waals surface area contributed by atoms with Crippen molar-refractivity contribution >= 4 is 5.69 Å². The van der Waals surface area contributed by atoms with Gasteiger partial charge in [0.2, 0.25) is 0 Å². The Morgan fingerprint density at radius 2 is 1.74 bits per heavy atom. The van der Waals surface area contributed by atoms with E-state index < -0.39 is 0 Å². The van der Waals surface area contributed by atoms with E-state index >= 15 is 0 Å². The zero-order chi connectivity index (χ0) is 14.3. The van der Waals surface area contributed by atoms with Crippen LogP contribution < -0.4 is 5.73 Å². The van der Waals surface area contributed by atoms with E-state index in [1.807, 2.05) is 20.0 Å². The van der Waals surface area contributed by atoms with Gasteiger partial charge in [0.1, 0.15) is 0 Å². The van der Waals surface area contributed by atoms with Crippen LogP contribution in [0.5, 0.6) is 0 Å². The normalized spacial score (nSPS) is 11.2. The first kappa shape index (κ1) is 15.9. The molecule has 1 aromatic heterocycles. The number of nitrogens with zero attached hydrogens (tertiary/aromatic N) is 2. The van der Waals surface area contributed by atoms with E-state index in [0.29, 0.717) is 13.2 Å². The quantitative estimate of drug-likeness (QED) is 0.771. The lowest BCUT2D eigenvalue weighted by molar-refractivity contribution is 0.109. The van der Waals surface area contributed by atoms with Gasteiger partial charge in [-0.05, 0) is 25.0 Å². The topological polar surface area (TPSA) is 60.6 Å². The molecule has 0 atom stereocenters. The van der Waals surface area contributed by atoms with Gasteiger partial charge in [-0.15, -0.1) is 0 Å². The van der Waals surface area contributed by atoms with Crippen molar-refractivity contribution in [3.63, 3.8) is 0 Å². The van der Waals surface area contributed by atoms with Gasteiger partial charge in [0.15, 0.2) is 0 Å². The lowest BCUT2D eigenvalue weighted by Gasteiger charge is -2.22. The fourth-order valence-corrected chi connectivity index (χ4v) is 1.87. The van der Waals surface area contributed by atoms with Crippen molar-refractivity contribution in [1.29, 1.82) is 0 Å². The Morgan fingerprint density at radius 1 is 1.16 bits per heavy atom. The van der Waals surface area contributed by atoms with E-state index in [0.717, 1.165) is 42.1 Å². The number of methoxy groups -OCH3 is 2. The van der Waals surface area contributed by atoms with Crippen LogP contribution in [0.1, 0.15) is 16.8 Å². The van der Waals surface area contributed by atoms with Crippen molar-refractivity contribution in [2.75, 3.05) is 46.3 Å². The van der Waals surface area contributed by atoms with E-state index in [9.17, 15) is 0 Å². The van der Waals surface area contributed by atoms with Crippen molar-refractivity contribution in [2.24, 2.45) is 0 Å². The van der Waals surface area contributed by atoms with Crippen LogP contribution in [0.3, 0.4) is 0 Å². The van der Waals surface area contributed by atoms with Gasteiger partial charge in [-0.25, -0.2) is 0 Å². The molecule has 0 saturated heterocycles. The Balaban J connectivity index is 2.74. The van der Waals surface area contributed by atoms with E-state index in [1.165, 1.54) is 0 Å². The summed E-state index contributed by atoms with van der Waals surface area (Å²) in [5, 5.41) is 0. The molecule has 0 amide bonds. The molecule has 0 aromatic carbocycles. The number of hydrogen-bond acceptors (Lipinski definition) is 5. The van der Waals surface area contributed by atoms with Crippen molar-refractivity contribution in [2.45, 2.75) is 20.4 Å². The highest BCUT2D eigenvalue weighted by atomic mass is 16.5. The van der Waals surface area contributed by atoms with Crippen LogP contribution in [0.2, 0.25) is 0 Å². The average Bonchev–Trinajstić information content (AvgIpc) is 2.42. The number of anilines is 1. The van der Waals surface area contributed by atoms with Crippen LogP contribution in [0, 0.1) is 13.8 Å². The summed E-state index contributed by atoms with van der Waals surface area (Å²) in [6.07, 6.45) is 1.84. The van der Waals surface area contributed by atoms with Crippen molar-refractivity contribution in [1.82, 2.24) is 9.88 Å². The molecule has 1 heterocycles. The summed E-state index contributed by atoms with van der Waals surface area (Å²) < 4.78 is 10.3. The standard InChI is InChI=1S/C14H25N3O2/c1-11-9-16-13(12(2)14(11)15)10-17(5-7-18-3)6-8-19-4/h9H,5-8,10H2,1-4H3,(H2,15,16). The molecule has 1 aromatic rings. The zero-order valence-electron chi connectivity index (χ0n) is 12.4. The number of aryl methyl sites for hydroxylation is 1. The Bertz CT molecular complexity index is 389. The van der Waals surface area contributed by atoms with Crippen LogP contribution >= 0.6 is 0 Å². The second-order valence-corrected chi connectivity index (χ2v) is 4.69. The maximum Gasteiger partial charge on any atom is 0.0593 e. The third kappa shape index (κ3) is 4.78. The van der Waals surface area contributed by atoms with Gasteiger partial charge in [0, 0.05) is 45.7 Å². The number of rotatable bonds is 8. The maximum atomic E-state index is 6.05. The summed E-state index contributed by atoms with van der Waals surface area (Å²) in [4.78, 5) is 6.75. The molecule has 19 heavy (non-hydrogen) atoms. The predicted octanol–water partition coefficient (Wildman–Crippen LogP) is 1.38. The summed E-state index contributed by atoms with van der Waals surface area (Å²) in [5.41, 5.74) is 10.0. The van der Waals surface area contributed by atoms with E-state index in [4.69, 9.17) is 15.2 Å². The number of nitrogens with two attached hydrogens (primary N) is 1. The van der Waals surface area contributed by atoms with Gasteiger partial charge in [0.05, 0.1) is 18.9 Å². The molecule has 0 aliphatic rings. The number of nitrogen functional groups attached to an aromatic ring is 1. The van der Waals surface area contributed by atoms with Crippen LogP contribution in [-0.4, -0.2) is 50.4 Å². The molecule has 0 saturated carbocycles. The van der Waals surface area contributed by atoms with Crippen LogP contribution in [0.25, 0.3) is 0 Å². The smallest absolute Gasteiger partial charge is 0.0593 e. The van der Waals surface area contributed by atoms with Gasteiger partial charge in [-0.2, -0.15) is 0 Å². The van der Waals surface area contributed by atoms with Crippen molar-refractivity contribution < 1.29 is 9.47 Å². The Hall–Kier alpha value is -1.17. The van der Waals surface area contributed by atoms with Crippen molar-refractivity contribution in [3.8, 4) is 0 Å². The van der Waals surface area contributed by atoms with Gasteiger partial charge in [-0.1, -0.05) is 0 Å². The molecule has 0 unspecified atom stereocenters. The molecule has 0 fully saturated rings. The minimum Gasteiger partial charge on any atom is -0.398 e. The third-order valence-electron chi connectivity index (χ3n) is 3.27. The molecular weight excluding hydrogens is 242 g/mol. The minimum atomic E-state index is 0.699. The van der Waals surface area contributed by atoms with Gasteiger partial charge >= 0.3 is 0 Å². The molecule has 5 nitrogen and oxygen atoms in total. The van der Waals surface area contributed by atoms with Gasteiger partial charge < -0.3 is 15.2 Å². The second-order valence-electron chi connectivity index (χ2n) is 4.69. The summed E-state index contributed by atoms with van der Waals surface area (Å²) in [5.74, 6) is 0. The first-order valence-electron chi connectivity index (χ1n) is 6.51. The van der Waals surface area contributed by atoms with E-state index in [-0.39, 0.29) is 0 Å². The average molecular weight is 267 g/mol. The molecule has 1 rings (SSSR count). The molecule has 0 bridgehead atoms. The summed E-state index contributed by atoms with van der Waals surface area (Å²) in [6.45, 7) is 7.88. The zero-order valence-corrected chi connectivity index (χ0v) is 12.4. The Kier molecular flexibility index (Phi) is 6.77. The number of hydrogen-bond donors (Lipinski definition) is 1. The van der Waals surface area contributed by atoms with Crippen LogP contribution in [-0.2, 0) is 16.0 Å². The predicted molar refractivity (Wildman–Crippen MR) is 77.2 cm³/mol. The van der Waals surface area contributed by atoms with Crippen LogP contribution in [0.15, 0.2) is 6.20 Å². The second kappa shape index (κ2) is 8.09. The number of pyridine rings is 1. The van der Waals surface area contributed by atoms with E-state index in [2.05, 4.69) is 9.88 Å². The largest absolute Gasteiger partial charge is 0.398 e. The first-order chi connectivity index (χ1) is 9.10. The SMILES string of the molecule is COCCN(CCOC)Cc1ncc(C)c(N)c1C. The first-order valence-corrected chi connectivity index (χ1v) is 6.51. The van der Waals surface area contributed by atoms with Crippen molar-refractivity contribution in [3.05, 3.63) is 23.0 Å². The fourth-order valence-electron chi connectivity index (χ4n) is 1.87. The van der Waals surface area contributed by atoms with Crippen LogP contribution in [0.4, 0.5) is 5.69 Å². The number of ether oxygens (including phenoxy) is 2. The third-order valence-corrected chi connectivity index (χ3v) is 3.27. The fraction of sp³-hybridized carbons (Fsp3) is 0.643. The maximum absolute atomic E-state index is 6.05. The minimum absolute atomic E-state index is 0.699. The lowest BCUT2D eigenvalue weighted by atomic mass is 10.1. The summed E-state index contributed by atoms with van der Waals surface area (Å²) >= 11 is 0. The molecule has 0 aliphatic heterocycles. The molecule has 0 spiro atoms. The van der Waals surface area contributed by atoms with Gasteiger partial charge in [-0.3, -0.25) is 9.88 Å². The van der Waals surface area contributed by atoms with E-state index in [1.54, 1.807) is 14.2 Å². The highest BCUT2D eigenvalue weighted by Crippen LogP contribution is 2.19.